The first-order valence-corrected chi connectivity index (χ1v) is 40.0. The topological polar surface area (TPSA) is 39.2 Å². The van der Waals surface area contributed by atoms with Crippen LogP contribution in [0.3, 0.4) is 0 Å². The van der Waals surface area contributed by atoms with E-state index in [0.29, 0.717) is 72.9 Å². The molecule has 6 nitrogen and oxygen atoms in total. The third-order valence-electron chi connectivity index (χ3n) is 21.7. The Morgan fingerprint density at radius 3 is 1.17 bits per heavy atom. The van der Waals surface area contributed by atoms with Crippen molar-refractivity contribution in [3.8, 4) is 0 Å². The molecule has 12 aromatic rings. The highest BCUT2D eigenvalue weighted by Crippen LogP contribution is 2.54. The largest absolute Gasteiger partial charge is 0.468 e. The molecule has 0 N–H and O–H groups in total. The Morgan fingerprint density at radius 2 is 0.705 bits per heavy atom. The summed E-state index contributed by atoms with van der Waals surface area (Å²) in [5.74, 6) is 0. The molecule has 0 amide bonds. The minimum Gasteiger partial charge on any atom is -0.468 e. The fourth-order valence-electron chi connectivity index (χ4n) is 14.5. The van der Waals surface area contributed by atoms with Crippen molar-refractivity contribution in [2.24, 2.45) is 0 Å². The van der Waals surface area contributed by atoms with E-state index in [1.807, 2.05) is 144 Å². The number of fused-ring (bicyclic) bond motifs is 7. The highest BCUT2D eigenvalue weighted by molar-refractivity contribution is 7.00. The molecular formula is C104H124BClN4O2. The molecule has 10 aromatic carbocycles. The summed E-state index contributed by atoms with van der Waals surface area (Å²) >= 11 is 7.91. The summed E-state index contributed by atoms with van der Waals surface area (Å²) < 4.78 is 146. The minimum absolute atomic E-state index is 0.00396. The Labute approximate surface area is 697 Å². The van der Waals surface area contributed by atoms with Crippen molar-refractivity contribution in [2.75, 3.05) is 19.6 Å². The van der Waals surface area contributed by atoms with E-state index in [4.69, 9.17) is 25.9 Å². The lowest BCUT2D eigenvalue weighted by Crippen LogP contribution is -2.61. The van der Waals surface area contributed by atoms with Gasteiger partial charge in [-0.2, -0.15) is 0 Å². The second kappa shape index (κ2) is 28.1. The molecular weight excluding hydrogens is 1380 g/mol. The van der Waals surface area contributed by atoms with Crippen molar-refractivity contribution in [1.29, 1.82) is 0 Å². The number of hydrogen-bond acceptors (Lipinski definition) is 6. The van der Waals surface area contributed by atoms with Gasteiger partial charge in [0.05, 0.1) is 51.3 Å². The quantitative estimate of drug-likeness (QED) is 0.141. The fraction of sp³-hybridized carbons (Fsp3) is 0.385. The van der Waals surface area contributed by atoms with Crippen molar-refractivity contribution < 1.29 is 28.0 Å². The van der Waals surface area contributed by atoms with Crippen molar-refractivity contribution in [2.45, 2.75) is 262 Å². The second-order valence-electron chi connectivity index (χ2n) is 41.2. The number of hydrogen-bond donors (Lipinski definition) is 0. The number of nitrogens with zero attached hydrogens (tertiary/aromatic N) is 4. The first-order chi connectivity index (χ1) is 57.6. The van der Waals surface area contributed by atoms with Crippen molar-refractivity contribution >= 4 is 125 Å². The molecule has 0 unspecified atom stereocenters. The summed E-state index contributed by atoms with van der Waals surface area (Å²) in [5, 5.41) is 0.812. The predicted octanol–water partition coefficient (Wildman–Crippen LogP) is 29.5. The Kier molecular flexibility index (Phi) is 16.1. The molecule has 0 atom stereocenters. The fourth-order valence-corrected chi connectivity index (χ4v) is 14.8. The molecule has 0 saturated heterocycles. The minimum atomic E-state index is -0.776. The summed E-state index contributed by atoms with van der Waals surface area (Å²) in [7, 11) is 0. The molecule has 4 heterocycles. The van der Waals surface area contributed by atoms with Crippen LogP contribution in [0.2, 0.25) is 5.02 Å². The SMILES string of the molecule is [2H]c1c([2H])c(C(C)(C)C)c([2H])c2c1B1c3oc4c([2H])c([2H])c(C(C)(C)C)c([2H])c4c3N(c3ccc(C(C)(C)C)cc3)c3cc(C(C)(C)C)cc(c31)N2c1ccc(C(C)(C)C)cc1.[2H]c1oc2c([2H])c([2H])c(C(C)(C)C)c([2H])c2c1N(c1ccc(C(C)(C)C)cc1)c1cc(C(C)(C)C)cc(N(c2ccc(C(C)(C)C)cc2)c2c([2H])c([2H])c([2H])c(C(C)(C)C)c2[2H])c1Cl. The van der Waals surface area contributed by atoms with Gasteiger partial charge in [0.1, 0.15) is 18.8 Å². The third kappa shape index (κ3) is 15.7. The zero-order chi connectivity index (χ0) is 93.8. The van der Waals surface area contributed by atoms with E-state index in [-0.39, 0.29) is 145 Å². The van der Waals surface area contributed by atoms with Crippen LogP contribution in [0, 0.1) is 0 Å². The smallest absolute Gasteiger partial charge is 0.297 e. The monoisotopic (exact) mass is 1520 g/mol. The lowest BCUT2D eigenvalue weighted by atomic mass is 9.35. The molecule has 2 aromatic heterocycles. The van der Waals surface area contributed by atoms with Gasteiger partial charge in [0.25, 0.3) is 6.71 Å². The summed E-state index contributed by atoms with van der Waals surface area (Å²) in [6.07, 6.45) is -0.322. The molecule has 0 bridgehead atoms. The lowest BCUT2D eigenvalue weighted by molar-refractivity contribution is 0.589. The molecule has 0 fully saturated rings. The van der Waals surface area contributed by atoms with Gasteiger partial charge in [-0.05, 0) is 236 Å². The van der Waals surface area contributed by atoms with E-state index in [0.717, 1.165) is 50.5 Å². The molecule has 2 aliphatic heterocycles. The maximum atomic E-state index is 10.2. The van der Waals surface area contributed by atoms with E-state index in [2.05, 4.69) is 195 Å². The second-order valence-corrected chi connectivity index (χ2v) is 41.6. The molecule has 0 saturated carbocycles. The standard InChI is InChI=1S/C52H61BN2O.C52H63ClN2O/c1-48(2,3)32-16-22-37(23-17-32)54-41-29-35(51(10,11)12)20-26-40(41)53-45-42(54)30-36(52(13,14)15)31-43(45)55(38-24-18-33(19-25-38)49(4,5)6)46-39-28-34(50(7,8)9)21-27-44(39)56-47(46)53;1-48(2,3)34-19-24-39(25-20-34)54(41-18-16-17-36(29-41)50(7,8)9)43-31-38(52(13,14)15)32-44(47(43)53)55(40-26-21-35(22-27-40)49(4,5)6)45-33-56-46-28-23-37(30-42(45)46)51(10,11)12/h16-31H,1-15H3;16-33H,1-15H3/i20D,21D,26D,27D,28D,29D;16D,17D,18D,23D,28D,29D,30D,33D. The van der Waals surface area contributed by atoms with Gasteiger partial charge in [0.2, 0.25) is 0 Å². The number of rotatable bonds is 8. The number of benzene rings is 10. The Bertz CT molecular complexity index is 6380. The van der Waals surface area contributed by atoms with Gasteiger partial charge in [0.15, 0.2) is 0 Å². The summed E-state index contributed by atoms with van der Waals surface area (Å²) in [6.45, 7) is 61.2. The molecule has 582 valence electrons. The van der Waals surface area contributed by atoms with E-state index in [1.54, 1.807) is 9.80 Å². The number of halogens is 1. The molecule has 112 heavy (non-hydrogen) atoms. The molecule has 14 rings (SSSR count). The Morgan fingerprint density at radius 1 is 0.330 bits per heavy atom. The zero-order valence-electron chi connectivity index (χ0n) is 86.1. The molecule has 8 heteroatoms. The number of furan rings is 2. The zero-order valence-corrected chi connectivity index (χ0v) is 72.9. The van der Waals surface area contributed by atoms with Crippen molar-refractivity contribution in [1.82, 2.24) is 0 Å². The van der Waals surface area contributed by atoms with Crippen LogP contribution >= 0.6 is 11.6 Å². The van der Waals surface area contributed by atoms with E-state index in [1.165, 1.54) is 11.1 Å². The van der Waals surface area contributed by atoms with E-state index < -0.39 is 33.8 Å². The first kappa shape index (κ1) is 64.2. The van der Waals surface area contributed by atoms with Crippen LogP contribution in [0.25, 0.3) is 21.9 Å². The van der Waals surface area contributed by atoms with Gasteiger partial charge in [-0.3, -0.25) is 0 Å². The van der Waals surface area contributed by atoms with Crippen LogP contribution < -0.4 is 36.2 Å². The van der Waals surface area contributed by atoms with Crippen LogP contribution in [0.5, 0.6) is 0 Å². The van der Waals surface area contributed by atoms with Gasteiger partial charge in [-0.15, -0.1) is 0 Å². The molecule has 0 spiro atoms. The van der Waals surface area contributed by atoms with E-state index >= 15 is 0 Å². The Hall–Kier alpha value is -9.17. The van der Waals surface area contributed by atoms with Gasteiger partial charge in [-0.25, -0.2) is 0 Å². The van der Waals surface area contributed by atoms with E-state index in [9.17, 15) is 13.7 Å². The molecule has 2 aliphatic rings. The molecule has 0 aliphatic carbocycles. The van der Waals surface area contributed by atoms with Crippen LogP contribution in [-0.4, -0.2) is 6.71 Å². The van der Waals surface area contributed by atoms with Crippen LogP contribution in [0.15, 0.2) is 215 Å². The van der Waals surface area contributed by atoms with Gasteiger partial charge in [-0.1, -0.05) is 304 Å². The predicted molar refractivity (Wildman–Crippen MR) is 488 cm³/mol. The summed E-state index contributed by atoms with van der Waals surface area (Å²) in [4.78, 5) is 7.86. The first-order valence-electron chi connectivity index (χ1n) is 46.6. The van der Waals surface area contributed by atoms with Gasteiger partial charge >= 0.3 is 0 Å². The lowest BCUT2D eigenvalue weighted by Gasteiger charge is -2.44. The van der Waals surface area contributed by atoms with Crippen molar-refractivity contribution in [3.63, 3.8) is 0 Å². The highest BCUT2D eigenvalue weighted by atomic mass is 35.5. The van der Waals surface area contributed by atoms with Crippen LogP contribution in [-0.2, 0) is 54.1 Å². The van der Waals surface area contributed by atoms with Crippen LogP contribution in [0.1, 0.15) is 283 Å². The number of anilines is 12. The summed E-state index contributed by atoms with van der Waals surface area (Å²) in [6, 6.07) is 40.2. The van der Waals surface area contributed by atoms with Crippen LogP contribution in [0.4, 0.5) is 68.2 Å². The normalized spacial score (nSPS) is 15.5. The van der Waals surface area contributed by atoms with Crippen molar-refractivity contribution in [3.05, 3.63) is 267 Å². The maximum absolute atomic E-state index is 10.2. The maximum Gasteiger partial charge on any atom is 0.297 e. The average Bonchev–Trinajstić information content (AvgIpc) is 1.19. The average molecular weight is 1520 g/mol. The third-order valence-corrected chi connectivity index (χ3v) is 22.1. The van der Waals surface area contributed by atoms with Gasteiger partial charge in [0, 0.05) is 56.3 Å². The molecule has 0 radical (unpaired) electrons. The summed E-state index contributed by atoms with van der Waals surface area (Å²) in [5.41, 5.74) is 12.4. The highest BCUT2D eigenvalue weighted by Gasteiger charge is 2.48. The van der Waals surface area contributed by atoms with Gasteiger partial charge < -0.3 is 28.4 Å². The Balaban J connectivity index is 0.000000216.